The fraction of sp³-hybridized carbons (Fsp3) is 0.765. The number of carbonyl (C=O) groups excluding carboxylic acids is 1. The largest absolute Gasteiger partial charge is 0.460 e. The van der Waals surface area contributed by atoms with Crippen LogP contribution in [0.4, 0.5) is 0 Å². The number of oxazole rings is 1. The van der Waals surface area contributed by atoms with E-state index in [4.69, 9.17) is 9.15 Å². The Kier molecular flexibility index (Phi) is 5.99. The maximum atomic E-state index is 11.9. The van der Waals surface area contributed by atoms with Crippen molar-refractivity contribution in [2.45, 2.75) is 67.2 Å². The second kappa shape index (κ2) is 7.10. The Morgan fingerprint density at radius 2 is 1.90 bits per heavy atom. The molecule has 1 unspecified atom stereocenters. The van der Waals surface area contributed by atoms with E-state index in [1.165, 1.54) is 0 Å². The number of hydrogen-bond donors (Lipinski definition) is 0. The smallest absolute Gasteiger partial charge is 0.376 e. The van der Waals surface area contributed by atoms with Crippen LogP contribution in [0.3, 0.4) is 0 Å². The molecule has 4 heteroatoms. The van der Waals surface area contributed by atoms with Crippen LogP contribution >= 0.6 is 0 Å². The lowest BCUT2D eigenvalue weighted by Crippen LogP contribution is -2.13. The van der Waals surface area contributed by atoms with Crippen molar-refractivity contribution < 1.29 is 13.9 Å². The highest BCUT2D eigenvalue weighted by Crippen LogP contribution is 2.28. The zero-order valence-corrected chi connectivity index (χ0v) is 14.4. The van der Waals surface area contributed by atoms with Crippen LogP contribution in [0.2, 0.25) is 0 Å². The zero-order chi connectivity index (χ0) is 16.2. The number of ether oxygens (including phenoxy) is 1. The first kappa shape index (κ1) is 17.7. The second-order valence-corrected chi connectivity index (χ2v) is 7.27. The van der Waals surface area contributed by atoms with Crippen LogP contribution in [-0.4, -0.2) is 17.6 Å². The molecule has 21 heavy (non-hydrogen) atoms. The number of esters is 1. The first-order valence-electron chi connectivity index (χ1n) is 7.80. The first-order valence-corrected chi connectivity index (χ1v) is 7.80. The Labute approximate surface area is 128 Å². The summed E-state index contributed by atoms with van der Waals surface area (Å²) in [5.74, 6) is 1.09. The third-order valence-electron chi connectivity index (χ3n) is 3.19. The van der Waals surface area contributed by atoms with E-state index in [0.717, 1.165) is 12.8 Å². The molecule has 0 N–H and O–H groups in total. The predicted molar refractivity (Wildman–Crippen MR) is 83.5 cm³/mol. The average Bonchev–Trinajstić information content (AvgIpc) is 2.70. The van der Waals surface area contributed by atoms with Crippen LogP contribution < -0.4 is 0 Å². The normalized spacial score (nSPS) is 13.5. The summed E-state index contributed by atoms with van der Waals surface area (Å²) < 4.78 is 10.7. The number of aromatic nitrogens is 1. The van der Waals surface area contributed by atoms with Crippen molar-refractivity contribution in [1.82, 2.24) is 4.98 Å². The number of carbonyl (C=O) groups is 1. The topological polar surface area (TPSA) is 52.3 Å². The fourth-order valence-electron chi connectivity index (χ4n) is 2.62. The number of rotatable bonds is 6. The van der Waals surface area contributed by atoms with Gasteiger partial charge < -0.3 is 9.15 Å². The summed E-state index contributed by atoms with van der Waals surface area (Å²) in [6, 6.07) is 0. The van der Waals surface area contributed by atoms with E-state index in [2.05, 4.69) is 32.7 Å². The van der Waals surface area contributed by atoms with E-state index in [1.807, 2.05) is 13.8 Å². The summed E-state index contributed by atoms with van der Waals surface area (Å²) in [5, 5.41) is 0. The van der Waals surface area contributed by atoms with Gasteiger partial charge in [0.05, 0.1) is 12.3 Å². The van der Waals surface area contributed by atoms with Crippen molar-refractivity contribution >= 4 is 5.97 Å². The van der Waals surface area contributed by atoms with E-state index in [-0.39, 0.29) is 17.1 Å². The van der Waals surface area contributed by atoms with Gasteiger partial charge in [0.1, 0.15) is 0 Å². The molecule has 0 spiro atoms. The van der Waals surface area contributed by atoms with Gasteiger partial charge in [0.25, 0.3) is 0 Å². The molecule has 1 aromatic heterocycles. The highest BCUT2D eigenvalue weighted by Gasteiger charge is 2.25. The molecule has 0 saturated heterocycles. The first-order chi connectivity index (χ1) is 9.64. The van der Waals surface area contributed by atoms with Crippen molar-refractivity contribution in [2.75, 3.05) is 6.61 Å². The van der Waals surface area contributed by atoms with Crippen molar-refractivity contribution in [3.8, 4) is 0 Å². The van der Waals surface area contributed by atoms with Gasteiger partial charge in [0.15, 0.2) is 5.89 Å². The molecule has 1 heterocycles. The summed E-state index contributed by atoms with van der Waals surface area (Å²) in [6.45, 7) is 15.0. The van der Waals surface area contributed by atoms with Crippen molar-refractivity contribution in [2.24, 2.45) is 11.3 Å². The number of hydrogen-bond acceptors (Lipinski definition) is 4. The Morgan fingerprint density at radius 1 is 1.29 bits per heavy atom. The Hall–Kier alpha value is -1.32. The summed E-state index contributed by atoms with van der Waals surface area (Å²) in [6.07, 6.45) is 1.83. The van der Waals surface area contributed by atoms with Crippen LogP contribution in [0.5, 0.6) is 0 Å². The van der Waals surface area contributed by atoms with E-state index < -0.39 is 5.97 Å². The average molecular weight is 295 g/mol. The molecule has 0 aliphatic carbocycles. The van der Waals surface area contributed by atoms with Gasteiger partial charge in [-0.05, 0) is 30.6 Å². The maximum absolute atomic E-state index is 11.9. The molecule has 0 aliphatic rings. The molecule has 4 nitrogen and oxygen atoms in total. The lowest BCUT2D eigenvalue weighted by molar-refractivity contribution is 0.0485. The van der Waals surface area contributed by atoms with Crippen molar-refractivity contribution in [3.05, 3.63) is 17.3 Å². The molecule has 0 radical (unpaired) electrons. The predicted octanol–water partition coefficient (Wildman–Crippen LogP) is 4.59. The summed E-state index contributed by atoms with van der Waals surface area (Å²) in [4.78, 5) is 16.5. The third kappa shape index (κ3) is 5.52. The Balaban J connectivity index is 2.90. The monoisotopic (exact) mass is 295 g/mol. The minimum Gasteiger partial charge on any atom is -0.460 e. The van der Waals surface area contributed by atoms with E-state index in [9.17, 15) is 4.79 Å². The molecule has 1 atom stereocenters. The quantitative estimate of drug-likeness (QED) is 0.720. The minimum absolute atomic E-state index is 0.139. The standard InChI is InChI=1S/C17H29NO3/c1-8-20-16(19)15-14(11(2)3)18-13(21-15)9-12(4)10-17(5,6)7/h11-12H,8-10H2,1-7H3. The van der Waals surface area contributed by atoms with Gasteiger partial charge in [-0.3, -0.25) is 0 Å². The molecule has 0 saturated carbocycles. The van der Waals surface area contributed by atoms with E-state index in [0.29, 0.717) is 24.1 Å². The molecule has 0 amide bonds. The SMILES string of the molecule is CCOC(=O)c1oc(CC(C)CC(C)(C)C)nc1C(C)C. The lowest BCUT2D eigenvalue weighted by atomic mass is 9.84. The summed E-state index contributed by atoms with van der Waals surface area (Å²) in [5.41, 5.74) is 0.975. The highest BCUT2D eigenvalue weighted by atomic mass is 16.5. The second-order valence-electron chi connectivity index (χ2n) is 7.27. The molecular weight excluding hydrogens is 266 g/mol. The Bertz CT molecular complexity index is 469. The molecule has 1 aromatic rings. The molecule has 0 fully saturated rings. The summed E-state index contributed by atoms with van der Waals surface area (Å²) in [7, 11) is 0. The third-order valence-corrected chi connectivity index (χ3v) is 3.19. The molecule has 0 aliphatic heterocycles. The lowest BCUT2D eigenvalue weighted by Gasteiger charge is -2.22. The molecule has 0 bridgehead atoms. The highest BCUT2D eigenvalue weighted by molar-refractivity contribution is 5.87. The van der Waals surface area contributed by atoms with Crippen molar-refractivity contribution in [1.29, 1.82) is 0 Å². The van der Waals surface area contributed by atoms with Gasteiger partial charge in [-0.25, -0.2) is 9.78 Å². The van der Waals surface area contributed by atoms with Crippen LogP contribution in [0, 0.1) is 11.3 Å². The Morgan fingerprint density at radius 3 is 2.38 bits per heavy atom. The van der Waals surface area contributed by atoms with Gasteiger partial charge >= 0.3 is 5.97 Å². The molecular formula is C17H29NO3. The van der Waals surface area contributed by atoms with E-state index in [1.54, 1.807) is 6.92 Å². The van der Waals surface area contributed by atoms with Crippen LogP contribution in [-0.2, 0) is 11.2 Å². The van der Waals surface area contributed by atoms with Gasteiger partial charge in [-0.1, -0.05) is 41.5 Å². The summed E-state index contributed by atoms with van der Waals surface area (Å²) >= 11 is 0. The fourth-order valence-corrected chi connectivity index (χ4v) is 2.62. The molecule has 1 rings (SSSR count). The van der Waals surface area contributed by atoms with Crippen LogP contribution in [0.25, 0.3) is 0 Å². The van der Waals surface area contributed by atoms with Gasteiger partial charge in [0, 0.05) is 6.42 Å². The molecule has 0 aromatic carbocycles. The van der Waals surface area contributed by atoms with E-state index >= 15 is 0 Å². The minimum atomic E-state index is -0.413. The van der Waals surface area contributed by atoms with Gasteiger partial charge in [-0.15, -0.1) is 0 Å². The van der Waals surface area contributed by atoms with Gasteiger partial charge in [-0.2, -0.15) is 0 Å². The number of nitrogens with zero attached hydrogens (tertiary/aromatic N) is 1. The van der Waals surface area contributed by atoms with Crippen LogP contribution in [0.15, 0.2) is 4.42 Å². The van der Waals surface area contributed by atoms with Crippen LogP contribution in [0.1, 0.15) is 82.9 Å². The maximum Gasteiger partial charge on any atom is 0.376 e. The zero-order valence-electron chi connectivity index (χ0n) is 14.4. The van der Waals surface area contributed by atoms with Crippen molar-refractivity contribution in [3.63, 3.8) is 0 Å². The van der Waals surface area contributed by atoms with Gasteiger partial charge in [0.2, 0.25) is 5.76 Å². The molecule has 120 valence electrons.